The summed E-state index contributed by atoms with van der Waals surface area (Å²) in [5, 5.41) is 7.76. The van der Waals surface area contributed by atoms with Gasteiger partial charge in [0.05, 0.1) is 5.69 Å². The van der Waals surface area contributed by atoms with E-state index in [9.17, 15) is 9.59 Å². The number of rotatable bonds is 3. The maximum Gasteiger partial charge on any atom is 0.267 e. The average Bonchev–Trinajstić information content (AvgIpc) is 2.58. The second-order valence-electron chi connectivity index (χ2n) is 8.84. The SMILES string of the molecule is O=C(Cn1nc2c(cc1=O)CCCC2)NC1C2CC3CC(C2)CC1C3. The molecule has 4 fully saturated rings. The molecule has 1 aromatic rings. The third kappa shape index (κ3) is 2.81. The number of carbonyl (C=O) groups excluding carboxylic acids is 1. The normalized spacial score (nSPS) is 35.4. The summed E-state index contributed by atoms with van der Waals surface area (Å²) in [6.07, 6.45) is 10.7. The van der Waals surface area contributed by atoms with Gasteiger partial charge in [-0.2, -0.15) is 5.10 Å². The van der Waals surface area contributed by atoms with Crippen LogP contribution >= 0.6 is 0 Å². The van der Waals surface area contributed by atoms with Crippen LogP contribution in [0.1, 0.15) is 56.2 Å². The van der Waals surface area contributed by atoms with E-state index in [0.717, 1.165) is 48.8 Å². The van der Waals surface area contributed by atoms with E-state index in [4.69, 9.17) is 0 Å². The Hall–Kier alpha value is -1.65. The number of carbonyl (C=O) groups is 1. The fraction of sp³-hybridized carbons (Fsp3) is 0.750. The second kappa shape index (κ2) is 5.96. The predicted octanol–water partition coefficient (Wildman–Crippen LogP) is 2.06. The standard InChI is InChI=1S/C20H27N3O2/c24-18(11-23-19(25)10-14-3-1-2-4-17(14)22-23)21-20-15-6-12-5-13(8-15)9-16(20)7-12/h10,12-13,15-16,20H,1-9,11H2,(H,21,24). The first kappa shape index (κ1) is 15.6. The molecule has 0 spiro atoms. The number of nitrogens with one attached hydrogen (secondary N) is 1. The molecule has 134 valence electrons. The molecular formula is C20H27N3O2. The minimum absolute atomic E-state index is 0.0390. The Kier molecular flexibility index (Phi) is 3.72. The van der Waals surface area contributed by atoms with Crippen LogP contribution in [0.25, 0.3) is 0 Å². The highest BCUT2D eigenvalue weighted by Gasteiger charge is 2.48. The van der Waals surface area contributed by atoms with Crippen LogP contribution in [0.2, 0.25) is 0 Å². The molecule has 1 heterocycles. The van der Waals surface area contributed by atoms with E-state index in [1.807, 2.05) is 0 Å². The van der Waals surface area contributed by atoms with Gasteiger partial charge in [-0.05, 0) is 87.0 Å². The minimum atomic E-state index is -0.138. The lowest BCUT2D eigenvalue weighted by atomic mass is 9.54. The van der Waals surface area contributed by atoms with Crippen molar-refractivity contribution in [2.75, 3.05) is 0 Å². The van der Waals surface area contributed by atoms with E-state index in [-0.39, 0.29) is 18.0 Å². The van der Waals surface area contributed by atoms with Crippen molar-refractivity contribution < 1.29 is 4.79 Å². The van der Waals surface area contributed by atoms with Crippen LogP contribution < -0.4 is 10.9 Å². The van der Waals surface area contributed by atoms with Crippen molar-refractivity contribution in [1.29, 1.82) is 0 Å². The van der Waals surface area contributed by atoms with Gasteiger partial charge in [-0.25, -0.2) is 4.68 Å². The van der Waals surface area contributed by atoms with Gasteiger partial charge in [0.1, 0.15) is 6.54 Å². The van der Waals surface area contributed by atoms with Crippen molar-refractivity contribution in [3.8, 4) is 0 Å². The first-order valence-electron chi connectivity index (χ1n) is 10.0. The maximum absolute atomic E-state index is 12.6. The predicted molar refractivity (Wildman–Crippen MR) is 94.1 cm³/mol. The zero-order valence-electron chi connectivity index (χ0n) is 14.7. The summed E-state index contributed by atoms with van der Waals surface area (Å²) in [4.78, 5) is 24.9. The van der Waals surface area contributed by atoms with Crippen molar-refractivity contribution in [2.24, 2.45) is 23.7 Å². The van der Waals surface area contributed by atoms with Gasteiger partial charge in [0.2, 0.25) is 5.91 Å². The molecule has 25 heavy (non-hydrogen) atoms. The molecule has 5 aliphatic carbocycles. The maximum atomic E-state index is 12.6. The monoisotopic (exact) mass is 341 g/mol. The molecule has 0 radical (unpaired) electrons. The van der Waals surface area contributed by atoms with Gasteiger partial charge in [0.25, 0.3) is 5.56 Å². The van der Waals surface area contributed by atoms with Crippen molar-refractivity contribution in [1.82, 2.24) is 15.1 Å². The molecule has 4 saturated carbocycles. The second-order valence-corrected chi connectivity index (χ2v) is 8.84. The van der Waals surface area contributed by atoms with E-state index < -0.39 is 0 Å². The largest absolute Gasteiger partial charge is 0.351 e. The molecule has 5 heteroatoms. The van der Waals surface area contributed by atoms with E-state index in [2.05, 4.69) is 10.4 Å². The number of amides is 1. The first-order valence-corrected chi connectivity index (χ1v) is 10.0. The van der Waals surface area contributed by atoms with Crippen LogP contribution in [0.3, 0.4) is 0 Å². The van der Waals surface area contributed by atoms with Crippen molar-refractivity contribution >= 4 is 5.91 Å². The summed E-state index contributed by atoms with van der Waals surface area (Å²) in [5.41, 5.74) is 1.95. The van der Waals surface area contributed by atoms with Crippen molar-refractivity contribution in [3.05, 3.63) is 27.7 Å². The van der Waals surface area contributed by atoms with Crippen molar-refractivity contribution in [3.63, 3.8) is 0 Å². The smallest absolute Gasteiger partial charge is 0.267 e. The number of aromatic nitrogens is 2. The first-order chi connectivity index (χ1) is 12.2. The molecule has 0 saturated heterocycles. The fourth-order valence-corrected chi connectivity index (χ4v) is 6.24. The topological polar surface area (TPSA) is 64.0 Å². The van der Waals surface area contributed by atoms with E-state index in [1.165, 1.54) is 36.8 Å². The molecule has 0 aromatic carbocycles. The molecule has 5 nitrogen and oxygen atoms in total. The molecule has 0 unspecified atom stereocenters. The molecule has 1 N–H and O–H groups in total. The Labute approximate surface area is 148 Å². The summed E-state index contributed by atoms with van der Waals surface area (Å²) < 4.78 is 1.37. The highest BCUT2D eigenvalue weighted by Crippen LogP contribution is 2.53. The van der Waals surface area contributed by atoms with Gasteiger partial charge in [0.15, 0.2) is 0 Å². The third-order valence-electron chi connectivity index (χ3n) is 7.12. The van der Waals surface area contributed by atoms with Gasteiger partial charge >= 0.3 is 0 Å². The Balaban J connectivity index is 1.29. The Bertz CT molecular complexity index is 726. The highest BCUT2D eigenvalue weighted by atomic mass is 16.2. The minimum Gasteiger partial charge on any atom is -0.351 e. The molecule has 1 amide bonds. The van der Waals surface area contributed by atoms with Gasteiger partial charge in [-0.3, -0.25) is 9.59 Å². The molecular weight excluding hydrogens is 314 g/mol. The Morgan fingerprint density at radius 2 is 1.76 bits per heavy atom. The number of aryl methyl sites for hydroxylation is 2. The van der Waals surface area contributed by atoms with E-state index in [1.54, 1.807) is 6.07 Å². The Morgan fingerprint density at radius 1 is 1.08 bits per heavy atom. The van der Waals surface area contributed by atoms with E-state index >= 15 is 0 Å². The van der Waals surface area contributed by atoms with Gasteiger partial charge in [-0.1, -0.05) is 0 Å². The van der Waals surface area contributed by atoms with Crippen LogP contribution in [0.4, 0.5) is 0 Å². The fourth-order valence-electron chi connectivity index (χ4n) is 6.24. The summed E-state index contributed by atoms with van der Waals surface area (Å²) >= 11 is 0. The Morgan fingerprint density at radius 3 is 2.48 bits per heavy atom. The quantitative estimate of drug-likeness (QED) is 0.915. The number of hydrogen-bond donors (Lipinski definition) is 1. The third-order valence-corrected chi connectivity index (χ3v) is 7.12. The van der Waals surface area contributed by atoms with Crippen LogP contribution in [-0.4, -0.2) is 21.7 Å². The molecule has 0 aliphatic heterocycles. The lowest BCUT2D eigenvalue weighted by molar-refractivity contribution is -0.125. The average molecular weight is 341 g/mol. The zero-order chi connectivity index (χ0) is 17.0. The van der Waals surface area contributed by atoms with Gasteiger partial charge in [-0.15, -0.1) is 0 Å². The summed E-state index contributed by atoms with van der Waals surface area (Å²) in [7, 11) is 0. The summed E-state index contributed by atoms with van der Waals surface area (Å²) in [6, 6.07) is 2.02. The van der Waals surface area contributed by atoms with Crippen LogP contribution in [0.15, 0.2) is 10.9 Å². The number of nitrogens with zero attached hydrogens (tertiary/aromatic N) is 2. The number of fused-ring (bicyclic) bond motifs is 1. The van der Waals surface area contributed by atoms with E-state index in [0.29, 0.717) is 17.9 Å². The van der Waals surface area contributed by atoms with Crippen LogP contribution in [0, 0.1) is 23.7 Å². The molecule has 1 aromatic heterocycles. The van der Waals surface area contributed by atoms with Crippen LogP contribution in [0.5, 0.6) is 0 Å². The number of hydrogen-bond acceptors (Lipinski definition) is 3. The molecule has 5 aliphatic rings. The van der Waals surface area contributed by atoms with Crippen LogP contribution in [-0.2, 0) is 24.2 Å². The molecule has 4 bridgehead atoms. The zero-order valence-corrected chi connectivity index (χ0v) is 14.7. The summed E-state index contributed by atoms with van der Waals surface area (Å²) in [5.74, 6) is 3.09. The van der Waals surface area contributed by atoms with Gasteiger partial charge < -0.3 is 5.32 Å². The van der Waals surface area contributed by atoms with Gasteiger partial charge in [0, 0.05) is 12.1 Å². The highest BCUT2D eigenvalue weighted by molar-refractivity contribution is 5.76. The summed E-state index contributed by atoms with van der Waals surface area (Å²) in [6.45, 7) is 0.0644. The van der Waals surface area contributed by atoms with Crippen molar-refractivity contribution in [2.45, 2.75) is 70.4 Å². The lowest BCUT2D eigenvalue weighted by Crippen LogP contribution is -2.56. The lowest BCUT2D eigenvalue weighted by Gasteiger charge is -2.54. The molecule has 0 atom stereocenters. The molecule has 6 rings (SSSR count).